The van der Waals surface area contributed by atoms with Crippen LogP contribution >= 0.6 is 0 Å². The molecule has 1 saturated heterocycles. The predicted octanol–water partition coefficient (Wildman–Crippen LogP) is 2.55. The van der Waals surface area contributed by atoms with Crippen LogP contribution in [0.25, 0.3) is 0 Å². The largest absolute Gasteiger partial charge is 0.384 e. The van der Waals surface area contributed by atoms with E-state index < -0.39 is 0 Å². The number of hydrogen-bond donors (Lipinski definition) is 2. The van der Waals surface area contributed by atoms with Crippen LogP contribution in [0.2, 0.25) is 0 Å². The smallest absolute Gasteiger partial charge is 0.0550 e. The SMILES string of the molecule is CCCNc1cncc(NC2CCN(C3CC3)C2)c1. The molecule has 4 nitrogen and oxygen atoms in total. The maximum absolute atomic E-state index is 4.31. The summed E-state index contributed by atoms with van der Waals surface area (Å²) >= 11 is 0. The molecule has 0 amide bonds. The van der Waals surface area contributed by atoms with Crippen LogP contribution in [0.4, 0.5) is 11.4 Å². The topological polar surface area (TPSA) is 40.2 Å². The Morgan fingerprint density at radius 3 is 2.89 bits per heavy atom. The van der Waals surface area contributed by atoms with Crippen LogP contribution < -0.4 is 10.6 Å². The lowest BCUT2D eigenvalue weighted by molar-refractivity contribution is 0.326. The molecule has 2 aliphatic rings. The van der Waals surface area contributed by atoms with E-state index in [9.17, 15) is 0 Å². The van der Waals surface area contributed by atoms with E-state index in [0.717, 1.165) is 30.4 Å². The number of rotatable bonds is 6. The molecule has 2 N–H and O–H groups in total. The molecule has 19 heavy (non-hydrogen) atoms. The average molecular weight is 260 g/mol. The molecule has 2 fully saturated rings. The molecule has 104 valence electrons. The summed E-state index contributed by atoms with van der Waals surface area (Å²) in [5.41, 5.74) is 2.26. The lowest BCUT2D eigenvalue weighted by atomic mass is 10.2. The van der Waals surface area contributed by atoms with Crippen molar-refractivity contribution in [1.29, 1.82) is 0 Å². The average Bonchev–Trinajstić information content (AvgIpc) is 3.18. The first kappa shape index (κ1) is 12.7. The van der Waals surface area contributed by atoms with Crippen molar-refractivity contribution in [3.8, 4) is 0 Å². The Hall–Kier alpha value is -1.29. The molecule has 1 aliphatic heterocycles. The van der Waals surface area contributed by atoms with E-state index in [0.29, 0.717) is 6.04 Å². The van der Waals surface area contributed by atoms with E-state index in [4.69, 9.17) is 0 Å². The molecule has 0 bridgehead atoms. The van der Waals surface area contributed by atoms with Gasteiger partial charge in [0.05, 0.1) is 23.8 Å². The van der Waals surface area contributed by atoms with Crippen LogP contribution in [0, 0.1) is 0 Å². The molecule has 0 spiro atoms. The maximum atomic E-state index is 4.31. The van der Waals surface area contributed by atoms with Gasteiger partial charge in [-0.15, -0.1) is 0 Å². The molecular weight excluding hydrogens is 236 g/mol. The zero-order chi connectivity index (χ0) is 13.1. The van der Waals surface area contributed by atoms with Crippen molar-refractivity contribution in [2.45, 2.75) is 44.7 Å². The molecule has 0 aromatic carbocycles. The van der Waals surface area contributed by atoms with Crippen molar-refractivity contribution in [2.75, 3.05) is 30.3 Å². The van der Waals surface area contributed by atoms with Crippen LogP contribution in [0.1, 0.15) is 32.6 Å². The van der Waals surface area contributed by atoms with Crippen LogP contribution in [0.15, 0.2) is 18.5 Å². The summed E-state index contributed by atoms with van der Waals surface area (Å²) in [6, 6.07) is 3.65. The summed E-state index contributed by atoms with van der Waals surface area (Å²) in [5, 5.41) is 7.01. The number of likely N-dealkylation sites (tertiary alicyclic amines) is 1. The Labute approximate surface area is 115 Å². The van der Waals surface area contributed by atoms with Gasteiger partial charge in [0.25, 0.3) is 0 Å². The third-order valence-electron chi connectivity index (χ3n) is 3.97. The molecular formula is C15H24N4. The summed E-state index contributed by atoms with van der Waals surface area (Å²) in [4.78, 5) is 6.94. The summed E-state index contributed by atoms with van der Waals surface area (Å²) in [6.07, 6.45) is 9.03. The fourth-order valence-corrected chi connectivity index (χ4v) is 2.80. The van der Waals surface area contributed by atoms with Crippen molar-refractivity contribution in [3.05, 3.63) is 18.5 Å². The van der Waals surface area contributed by atoms with E-state index >= 15 is 0 Å². The summed E-state index contributed by atoms with van der Waals surface area (Å²) < 4.78 is 0. The number of anilines is 2. The Bertz CT molecular complexity index is 416. The quantitative estimate of drug-likeness (QED) is 0.824. The van der Waals surface area contributed by atoms with Gasteiger partial charge in [-0.05, 0) is 31.7 Å². The summed E-state index contributed by atoms with van der Waals surface area (Å²) in [6.45, 7) is 5.62. The van der Waals surface area contributed by atoms with E-state index in [1.54, 1.807) is 0 Å². The maximum Gasteiger partial charge on any atom is 0.0550 e. The van der Waals surface area contributed by atoms with E-state index in [2.05, 4.69) is 33.5 Å². The van der Waals surface area contributed by atoms with Crippen LogP contribution in [-0.4, -0.2) is 41.6 Å². The van der Waals surface area contributed by atoms with Crippen molar-refractivity contribution in [3.63, 3.8) is 0 Å². The highest BCUT2D eigenvalue weighted by Crippen LogP contribution is 2.30. The fourth-order valence-electron chi connectivity index (χ4n) is 2.80. The Morgan fingerprint density at radius 1 is 1.26 bits per heavy atom. The normalized spacial score (nSPS) is 23.5. The second kappa shape index (κ2) is 5.78. The van der Waals surface area contributed by atoms with E-state index in [1.165, 1.54) is 32.4 Å². The van der Waals surface area contributed by atoms with Crippen LogP contribution in [-0.2, 0) is 0 Å². The van der Waals surface area contributed by atoms with Gasteiger partial charge < -0.3 is 10.6 Å². The van der Waals surface area contributed by atoms with Crippen molar-refractivity contribution in [2.24, 2.45) is 0 Å². The monoisotopic (exact) mass is 260 g/mol. The summed E-state index contributed by atoms with van der Waals surface area (Å²) in [5.74, 6) is 0. The molecule has 1 aromatic heterocycles. The first-order chi connectivity index (χ1) is 9.35. The van der Waals surface area contributed by atoms with Crippen LogP contribution in [0.5, 0.6) is 0 Å². The second-order valence-corrected chi connectivity index (χ2v) is 5.75. The Balaban J connectivity index is 1.54. The minimum atomic E-state index is 0.587. The zero-order valence-corrected chi connectivity index (χ0v) is 11.7. The van der Waals surface area contributed by atoms with Crippen molar-refractivity contribution < 1.29 is 0 Å². The summed E-state index contributed by atoms with van der Waals surface area (Å²) in [7, 11) is 0. The fraction of sp³-hybridized carbons (Fsp3) is 0.667. The molecule has 0 radical (unpaired) electrons. The van der Waals surface area contributed by atoms with Gasteiger partial charge in [0.1, 0.15) is 0 Å². The number of hydrogen-bond acceptors (Lipinski definition) is 4. The zero-order valence-electron chi connectivity index (χ0n) is 11.7. The second-order valence-electron chi connectivity index (χ2n) is 5.75. The standard InChI is InChI=1S/C15H24N4/c1-2-6-17-13-8-14(10-16-9-13)18-12-5-7-19(11-12)15-3-4-15/h8-10,12,15,17-18H,2-7,11H2,1H3. The van der Waals surface area contributed by atoms with Gasteiger partial charge in [-0.1, -0.05) is 6.92 Å². The lowest BCUT2D eigenvalue weighted by Gasteiger charge is -2.17. The molecule has 1 saturated carbocycles. The Morgan fingerprint density at radius 2 is 2.11 bits per heavy atom. The van der Waals surface area contributed by atoms with Crippen molar-refractivity contribution in [1.82, 2.24) is 9.88 Å². The van der Waals surface area contributed by atoms with Gasteiger partial charge in [0, 0.05) is 31.7 Å². The highest BCUT2D eigenvalue weighted by Gasteiger charge is 2.34. The van der Waals surface area contributed by atoms with Gasteiger partial charge in [-0.25, -0.2) is 0 Å². The predicted molar refractivity (Wildman–Crippen MR) is 79.6 cm³/mol. The number of pyridine rings is 1. The van der Waals surface area contributed by atoms with Gasteiger partial charge in [-0.3, -0.25) is 9.88 Å². The lowest BCUT2D eigenvalue weighted by Crippen LogP contribution is -2.27. The minimum absolute atomic E-state index is 0.587. The highest BCUT2D eigenvalue weighted by atomic mass is 15.2. The van der Waals surface area contributed by atoms with Gasteiger partial charge >= 0.3 is 0 Å². The number of aromatic nitrogens is 1. The third kappa shape index (κ3) is 3.38. The molecule has 1 aromatic rings. The first-order valence-corrected chi connectivity index (χ1v) is 7.54. The van der Waals surface area contributed by atoms with E-state index in [1.807, 2.05) is 12.4 Å². The third-order valence-corrected chi connectivity index (χ3v) is 3.97. The van der Waals surface area contributed by atoms with Gasteiger partial charge in [0.2, 0.25) is 0 Å². The molecule has 2 heterocycles. The van der Waals surface area contributed by atoms with Gasteiger partial charge in [0.15, 0.2) is 0 Å². The molecule has 1 atom stereocenters. The first-order valence-electron chi connectivity index (χ1n) is 7.54. The molecule has 1 unspecified atom stereocenters. The molecule has 4 heteroatoms. The minimum Gasteiger partial charge on any atom is -0.384 e. The Kier molecular flexibility index (Phi) is 3.87. The van der Waals surface area contributed by atoms with Crippen LogP contribution in [0.3, 0.4) is 0 Å². The number of nitrogens with zero attached hydrogens (tertiary/aromatic N) is 2. The number of nitrogens with one attached hydrogen (secondary N) is 2. The van der Waals surface area contributed by atoms with Crippen molar-refractivity contribution >= 4 is 11.4 Å². The molecule has 3 rings (SSSR count). The van der Waals surface area contributed by atoms with E-state index in [-0.39, 0.29) is 0 Å². The molecule has 1 aliphatic carbocycles. The van der Waals surface area contributed by atoms with Gasteiger partial charge in [-0.2, -0.15) is 0 Å². The highest BCUT2D eigenvalue weighted by molar-refractivity contribution is 5.54.